The molecule has 0 saturated heterocycles. The first kappa shape index (κ1) is 15.4. The fourth-order valence-electron chi connectivity index (χ4n) is 4.17. The van der Waals surface area contributed by atoms with Gasteiger partial charge in [0.15, 0.2) is 11.5 Å². The summed E-state index contributed by atoms with van der Waals surface area (Å²) >= 11 is 0. The van der Waals surface area contributed by atoms with E-state index in [1.807, 2.05) is 44.2 Å². The molecule has 2 aliphatic rings. The molecule has 0 aromatic heterocycles. The predicted octanol–water partition coefficient (Wildman–Crippen LogP) is 5.27. The quantitative estimate of drug-likeness (QED) is 0.771. The average Bonchev–Trinajstić information content (AvgIpc) is 2.83. The Hall–Kier alpha value is -2.10. The number of hydrogen-bond donors (Lipinski definition) is 1. The van der Waals surface area contributed by atoms with Crippen LogP contribution in [0.3, 0.4) is 0 Å². The van der Waals surface area contributed by atoms with Crippen molar-refractivity contribution in [3.8, 4) is 11.5 Å². The molecule has 2 aromatic rings. The highest BCUT2D eigenvalue weighted by molar-refractivity contribution is 5.53. The number of hydrogen-bond acceptors (Lipinski definition) is 2. The summed E-state index contributed by atoms with van der Waals surface area (Å²) in [6.07, 6.45) is -0.811. The van der Waals surface area contributed by atoms with Crippen LogP contribution in [0.25, 0.3) is 0 Å². The molecule has 2 nitrogen and oxygen atoms in total. The second-order valence-electron chi connectivity index (χ2n) is 7.19. The summed E-state index contributed by atoms with van der Waals surface area (Å²) in [5.41, 5.74) is 3.58. The first-order chi connectivity index (χ1) is 11.3. The van der Waals surface area contributed by atoms with Gasteiger partial charge in [0.05, 0.1) is 0 Å². The van der Waals surface area contributed by atoms with Crippen LogP contribution in [0.4, 0.5) is 8.78 Å². The van der Waals surface area contributed by atoms with Crippen LogP contribution in [-0.4, -0.2) is 11.0 Å². The monoisotopic (exact) mass is 330 g/mol. The van der Waals surface area contributed by atoms with Crippen molar-refractivity contribution in [3.63, 3.8) is 0 Å². The van der Waals surface area contributed by atoms with E-state index in [1.54, 1.807) is 6.07 Å². The van der Waals surface area contributed by atoms with Crippen molar-refractivity contribution in [1.82, 2.24) is 0 Å². The molecule has 0 radical (unpaired) electrons. The van der Waals surface area contributed by atoms with Crippen LogP contribution < -0.4 is 4.74 Å². The number of rotatable bonds is 1. The molecule has 0 spiro atoms. The smallest absolute Gasteiger partial charge is 0.249 e. The zero-order valence-corrected chi connectivity index (χ0v) is 13.7. The van der Waals surface area contributed by atoms with Crippen LogP contribution in [0, 0.1) is 19.8 Å². The molecule has 2 aromatic carbocycles. The Balaban J connectivity index is 1.83. The van der Waals surface area contributed by atoms with Gasteiger partial charge in [-0.15, -0.1) is 0 Å². The number of phenols is 1. The highest BCUT2D eigenvalue weighted by Crippen LogP contribution is 2.59. The minimum absolute atomic E-state index is 0.0378. The lowest BCUT2D eigenvalue weighted by atomic mass is 9.79. The van der Waals surface area contributed by atoms with Gasteiger partial charge in [-0.05, 0) is 31.0 Å². The Bertz CT molecular complexity index is 783. The molecule has 4 rings (SSSR count). The van der Waals surface area contributed by atoms with Crippen LogP contribution in [0.2, 0.25) is 0 Å². The molecular weight excluding hydrogens is 310 g/mol. The highest BCUT2D eigenvalue weighted by atomic mass is 19.3. The lowest BCUT2D eigenvalue weighted by Gasteiger charge is -2.36. The molecule has 1 saturated carbocycles. The van der Waals surface area contributed by atoms with Crippen molar-refractivity contribution < 1.29 is 18.6 Å². The van der Waals surface area contributed by atoms with Crippen molar-refractivity contribution in [2.75, 3.05) is 0 Å². The zero-order valence-electron chi connectivity index (χ0n) is 13.7. The van der Waals surface area contributed by atoms with E-state index in [9.17, 15) is 13.9 Å². The van der Waals surface area contributed by atoms with E-state index in [0.29, 0.717) is 5.75 Å². The third-order valence-corrected chi connectivity index (χ3v) is 5.25. The van der Waals surface area contributed by atoms with Crippen LogP contribution in [0.15, 0.2) is 36.4 Å². The molecule has 0 unspecified atom stereocenters. The molecule has 4 heteroatoms. The van der Waals surface area contributed by atoms with E-state index in [4.69, 9.17) is 4.74 Å². The Labute approximate surface area is 140 Å². The summed E-state index contributed by atoms with van der Waals surface area (Å²) in [5, 5.41) is 10.3. The van der Waals surface area contributed by atoms with Gasteiger partial charge in [0.1, 0.15) is 6.10 Å². The van der Waals surface area contributed by atoms with Gasteiger partial charge in [0.25, 0.3) is 0 Å². The summed E-state index contributed by atoms with van der Waals surface area (Å²) in [6.45, 7) is 3.84. The van der Waals surface area contributed by atoms with Crippen LogP contribution in [-0.2, 0) is 0 Å². The summed E-state index contributed by atoms with van der Waals surface area (Å²) in [5.74, 6) is -2.86. The lowest BCUT2D eigenvalue weighted by molar-refractivity contribution is -0.00242. The number of aryl methyl sites for hydroxylation is 2. The molecule has 0 bridgehead atoms. The molecule has 1 aliphatic heterocycles. The Morgan fingerprint density at radius 1 is 1.04 bits per heavy atom. The largest absolute Gasteiger partial charge is 0.504 e. The minimum Gasteiger partial charge on any atom is -0.504 e. The van der Waals surface area contributed by atoms with E-state index in [0.717, 1.165) is 22.3 Å². The van der Waals surface area contributed by atoms with Crippen molar-refractivity contribution in [3.05, 3.63) is 58.7 Å². The van der Waals surface area contributed by atoms with Gasteiger partial charge in [-0.2, -0.15) is 0 Å². The van der Waals surface area contributed by atoms with Crippen molar-refractivity contribution in [2.24, 2.45) is 5.92 Å². The number of benzene rings is 2. The average molecular weight is 330 g/mol. The molecule has 0 amide bonds. The molecule has 1 N–H and O–H groups in total. The summed E-state index contributed by atoms with van der Waals surface area (Å²) < 4.78 is 34.4. The molecule has 1 fully saturated rings. The van der Waals surface area contributed by atoms with Gasteiger partial charge in [0.2, 0.25) is 5.92 Å². The number of ether oxygens (including phenoxy) is 1. The molecule has 1 heterocycles. The number of halogens is 2. The van der Waals surface area contributed by atoms with Gasteiger partial charge in [-0.25, -0.2) is 8.78 Å². The first-order valence-electron chi connectivity index (χ1n) is 8.29. The third kappa shape index (κ3) is 2.45. The Morgan fingerprint density at radius 3 is 2.46 bits per heavy atom. The molecular formula is C20H20F2O2. The Morgan fingerprint density at radius 2 is 1.75 bits per heavy atom. The van der Waals surface area contributed by atoms with Crippen LogP contribution in [0.5, 0.6) is 11.5 Å². The van der Waals surface area contributed by atoms with Gasteiger partial charge in [0, 0.05) is 30.2 Å². The second kappa shape index (κ2) is 5.20. The standard InChI is InChI=1S/C20H20F2O2/c1-11-3-5-13(6-4-11)18-16-10-20(21,22)9-15(16)14-7-12(2)8-17(23)19(14)24-18/h3-8,15-16,18,23H,9-10H2,1-2H3/t15-,16-,18-/m1/s1. The number of aromatic hydroxyl groups is 1. The van der Waals surface area contributed by atoms with Gasteiger partial charge in [-0.1, -0.05) is 35.9 Å². The summed E-state index contributed by atoms with van der Waals surface area (Å²) in [7, 11) is 0. The fraction of sp³-hybridized carbons (Fsp3) is 0.400. The van der Waals surface area contributed by atoms with Crippen molar-refractivity contribution in [1.29, 1.82) is 0 Å². The van der Waals surface area contributed by atoms with E-state index in [2.05, 4.69) is 0 Å². The van der Waals surface area contributed by atoms with Crippen molar-refractivity contribution >= 4 is 0 Å². The number of alkyl halides is 2. The van der Waals surface area contributed by atoms with Gasteiger partial charge in [-0.3, -0.25) is 0 Å². The predicted molar refractivity (Wildman–Crippen MR) is 87.8 cm³/mol. The van der Waals surface area contributed by atoms with Gasteiger partial charge < -0.3 is 9.84 Å². The van der Waals surface area contributed by atoms with Gasteiger partial charge >= 0.3 is 0 Å². The van der Waals surface area contributed by atoms with E-state index in [1.165, 1.54) is 0 Å². The molecule has 1 aliphatic carbocycles. The Kier molecular flexibility index (Phi) is 3.34. The SMILES string of the molecule is Cc1ccc([C@H]2Oc3c(O)cc(C)cc3[C@H]3CC(F)(F)C[C@H]32)cc1. The van der Waals surface area contributed by atoms with Crippen LogP contribution in [0.1, 0.15) is 47.1 Å². The van der Waals surface area contributed by atoms with E-state index >= 15 is 0 Å². The minimum atomic E-state index is -2.69. The lowest BCUT2D eigenvalue weighted by Crippen LogP contribution is -2.27. The normalized spacial score (nSPS) is 27.2. The molecule has 3 atom stereocenters. The van der Waals surface area contributed by atoms with Crippen LogP contribution >= 0.6 is 0 Å². The maximum Gasteiger partial charge on any atom is 0.249 e. The molecule has 24 heavy (non-hydrogen) atoms. The molecule has 126 valence electrons. The maximum atomic E-state index is 14.2. The third-order valence-electron chi connectivity index (χ3n) is 5.25. The number of phenolic OH excluding ortho intramolecular Hbond substituents is 1. The topological polar surface area (TPSA) is 29.5 Å². The fourth-order valence-corrected chi connectivity index (χ4v) is 4.17. The first-order valence-corrected chi connectivity index (χ1v) is 8.29. The highest BCUT2D eigenvalue weighted by Gasteiger charge is 2.53. The summed E-state index contributed by atoms with van der Waals surface area (Å²) in [4.78, 5) is 0. The van der Waals surface area contributed by atoms with E-state index < -0.39 is 12.0 Å². The van der Waals surface area contributed by atoms with E-state index in [-0.39, 0.29) is 30.4 Å². The van der Waals surface area contributed by atoms with Crippen molar-refractivity contribution in [2.45, 2.75) is 44.6 Å². The second-order valence-corrected chi connectivity index (χ2v) is 7.19. The maximum absolute atomic E-state index is 14.2. The zero-order chi connectivity index (χ0) is 17.1. The summed E-state index contributed by atoms with van der Waals surface area (Å²) in [6, 6.07) is 11.3. The number of fused-ring (bicyclic) bond motifs is 3.